The zero-order chi connectivity index (χ0) is 14.3. The molecule has 1 aromatic heterocycles. The molecule has 4 nitrogen and oxygen atoms in total. The third-order valence-electron chi connectivity index (χ3n) is 3.99. The van der Waals surface area contributed by atoms with Gasteiger partial charge in [0.2, 0.25) is 0 Å². The van der Waals surface area contributed by atoms with Crippen molar-refractivity contribution in [3.63, 3.8) is 0 Å². The maximum Gasteiger partial charge on any atom is 0.270 e. The zero-order valence-electron chi connectivity index (χ0n) is 11.5. The molecule has 0 spiro atoms. The van der Waals surface area contributed by atoms with Crippen LogP contribution in [0, 0.1) is 0 Å². The Balaban J connectivity index is 1.90. The van der Waals surface area contributed by atoms with Crippen molar-refractivity contribution < 1.29 is 9.53 Å². The Kier molecular flexibility index (Phi) is 3.44. The van der Waals surface area contributed by atoms with Crippen LogP contribution in [0.15, 0.2) is 24.3 Å². The van der Waals surface area contributed by atoms with E-state index in [9.17, 15) is 4.79 Å². The molecule has 0 aliphatic carbocycles. The molecule has 106 valence electrons. The molecule has 2 heterocycles. The van der Waals surface area contributed by atoms with E-state index in [1.807, 2.05) is 38.2 Å². The summed E-state index contributed by atoms with van der Waals surface area (Å²) >= 11 is 6.13. The monoisotopic (exact) mass is 292 g/mol. The number of para-hydroxylation sites is 1. The van der Waals surface area contributed by atoms with Crippen molar-refractivity contribution in [1.29, 1.82) is 0 Å². The summed E-state index contributed by atoms with van der Waals surface area (Å²) < 4.78 is 5.53. The number of aromatic nitrogens is 1. The van der Waals surface area contributed by atoms with Crippen LogP contribution >= 0.6 is 11.6 Å². The second kappa shape index (κ2) is 5.11. The van der Waals surface area contributed by atoms with Gasteiger partial charge in [-0.25, -0.2) is 0 Å². The molecule has 20 heavy (non-hydrogen) atoms. The number of benzene rings is 1. The lowest BCUT2D eigenvalue weighted by Gasteiger charge is -2.26. The van der Waals surface area contributed by atoms with Crippen LogP contribution < -0.4 is 0 Å². The fourth-order valence-corrected chi connectivity index (χ4v) is 3.03. The minimum atomic E-state index is -0.0281. The summed E-state index contributed by atoms with van der Waals surface area (Å²) in [5.74, 6) is -0.0281. The highest BCUT2D eigenvalue weighted by Crippen LogP contribution is 2.25. The van der Waals surface area contributed by atoms with Crippen LogP contribution in [0.5, 0.6) is 0 Å². The molecule has 0 saturated carbocycles. The lowest BCUT2D eigenvalue weighted by Crippen LogP contribution is -2.41. The predicted octanol–water partition coefficient (Wildman–Crippen LogP) is 3.07. The number of ether oxygens (including phenoxy) is 1. The average Bonchev–Trinajstić information content (AvgIpc) is 3.04. The van der Waals surface area contributed by atoms with E-state index in [0.29, 0.717) is 17.3 Å². The SMILES string of the molecule is CC1OCCC1N(C)C(=O)c1cc2cccc(Cl)c2[nH]1. The van der Waals surface area contributed by atoms with Gasteiger partial charge in [-0.1, -0.05) is 23.7 Å². The topological polar surface area (TPSA) is 45.3 Å². The second-order valence-electron chi connectivity index (χ2n) is 5.24. The molecule has 1 saturated heterocycles. The van der Waals surface area contributed by atoms with Crippen LogP contribution in [0.25, 0.3) is 10.9 Å². The van der Waals surface area contributed by atoms with Crippen LogP contribution in [0.4, 0.5) is 0 Å². The molecule has 1 aliphatic heterocycles. The van der Waals surface area contributed by atoms with Crippen LogP contribution in [0.2, 0.25) is 5.02 Å². The summed E-state index contributed by atoms with van der Waals surface area (Å²) in [6.45, 7) is 2.71. The van der Waals surface area contributed by atoms with Crippen molar-refractivity contribution in [3.05, 3.63) is 35.0 Å². The second-order valence-corrected chi connectivity index (χ2v) is 5.64. The molecule has 1 aliphatic rings. The number of nitrogens with zero attached hydrogens (tertiary/aromatic N) is 1. The zero-order valence-corrected chi connectivity index (χ0v) is 12.3. The number of carbonyl (C=O) groups excluding carboxylic acids is 1. The number of likely N-dealkylation sites (N-methyl/N-ethyl adjacent to an activating group) is 1. The molecular weight excluding hydrogens is 276 g/mol. The molecule has 5 heteroatoms. The third kappa shape index (κ3) is 2.19. The lowest BCUT2D eigenvalue weighted by molar-refractivity contribution is 0.0570. The first-order valence-corrected chi connectivity index (χ1v) is 7.11. The predicted molar refractivity (Wildman–Crippen MR) is 79.2 cm³/mol. The molecule has 1 amide bonds. The van der Waals surface area contributed by atoms with Gasteiger partial charge in [-0.3, -0.25) is 4.79 Å². The number of nitrogens with one attached hydrogen (secondary N) is 1. The first kappa shape index (κ1) is 13.5. The molecule has 2 aromatic rings. The van der Waals surface area contributed by atoms with E-state index in [1.165, 1.54) is 0 Å². The lowest BCUT2D eigenvalue weighted by atomic mass is 10.1. The van der Waals surface area contributed by atoms with E-state index < -0.39 is 0 Å². The van der Waals surface area contributed by atoms with Gasteiger partial charge in [0.25, 0.3) is 5.91 Å². The van der Waals surface area contributed by atoms with Crippen molar-refractivity contribution in [2.75, 3.05) is 13.7 Å². The van der Waals surface area contributed by atoms with E-state index in [2.05, 4.69) is 4.98 Å². The van der Waals surface area contributed by atoms with E-state index in [-0.39, 0.29) is 18.1 Å². The molecule has 2 atom stereocenters. The molecule has 2 unspecified atom stereocenters. The van der Waals surface area contributed by atoms with E-state index in [1.54, 1.807) is 4.90 Å². The Morgan fingerprint density at radius 3 is 2.95 bits per heavy atom. The highest BCUT2D eigenvalue weighted by atomic mass is 35.5. The highest BCUT2D eigenvalue weighted by Gasteiger charge is 2.31. The van der Waals surface area contributed by atoms with Gasteiger partial charge in [-0.05, 0) is 25.5 Å². The highest BCUT2D eigenvalue weighted by molar-refractivity contribution is 6.35. The summed E-state index contributed by atoms with van der Waals surface area (Å²) in [5.41, 5.74) is 1.37. The number of aromatic amines is 1. The number of halogens is 1. The number of fused-ring (bicyclic) bond motifs is 1. The van der Waals surface area contributed by atoms with Gasteiger partial charge in [-0.2, -0.15) is 0 Å². The van der Waals surface area contributed by atoms with Crippen molar-refractivity contribution in [2.45, 2.75) is 25.5 Å². The van der Waals surface area contributed by atoms with E-state index in [0.717, 1.165) is 17.3 Å². The van der Waals surface area contributed by atoms with E-state index >= 15 is 0 Å². The van der Waals surface area contributed by atoms with Crippen molar-refractivity contribution in [3.8, 4) is 0 Å². The summed E-state index contributed by atoms with van der Waals surface area (Å²) in [6, 6.07) is 7.61. The summed E-state index contributed by atoms with van der Waals surface area (Å²) in [7, 11) is 1.82. The van der Waals surface area contributed by atoms with Crippen LogP contribution in [0.3, 0.4) is 0 Å². The first-order chi connectivity index (χ1) is 9.58. The minimum Gasteiger partial charge on any atom is -0.376 e. The smallest absolute Gasteiger partial charge is 0.270 e. The van der Waals surface area contributed by atoms with Crippen LogP contribution in [-0.4, -0.2) is 41.6 Å². The molecule has 3 rings (SSSR count). The minimum absolute atomic E-state index is 0.0281. The Labute approximate surface area is 122 Å². The van der Waals surface area contributed by atoms with Crippen LogP contribution in [-0.2, 0) is 4.74 Å². The molecular formula is C15H17ClN2O2. The summed E-state index contributed by atoms with van der Waals surface area (Å²) in [4.78, 5) is 17.4. The fraction of sp³-hybridized carbons (Fsp3) is 0.400. The van der Waals surface area contributed by atoms with E-state index in [4.69, 9.17) is 16.3 Å². The molecule has 0 bridgehead atoms. The normalized spacial score (nSPS) is 22.4. The fourth-order valence-electron chi connectivity index (χ4n) is 2.80. The number of H-pyrrole nitrogens is 1. The summed E-state index contributed by atoms with van der Waals surface area (Å²) in [6.07, 6.45) is 0.960. The molecule has 0 radical (unpaired) electrons. The van der Waals surface area contributed by atoms with Gasteiger partial charge in [0.1, 0.15) is 5.69 Å². The average molecular weight is 293 g/mol. The van der Waals surface area contributed by atoms with Gasteiger partial charge in [0.15, 0.2) is 0 Å². The number of hydrogen-bond donors (Lipinski definition) is 1. The Bertz CT molecular complexity index is 652. The number of carbonyl (C=O) groups is 1. The van der Waals surface area contributed by atoms with Crippen LogP contribution in [0.1, 0.15) is 23.8 Å². The Morgan fingerprint density at radius 1 is 1.50 bits per heavy atom. The largest absolute Gasteiger partial charge is 0.376 e. The van der Waals surface area contributed by atoms with Gasteiger partial charge < -0.3 is 14.6 Å². The Hall–Kier alpha value is -1.52. The maximum atomic E-state index is 12.6. The third-order valence-corrected chi connectivity index (χ3v) is 4.30. The molecule has 1 aromatic carbocycles. The number of rotatable bonds is 2. The maximum absolute atomic E-state index is 12.6. The van der Waals surface area contributed by atoms with Gasteiger partial charge in [0.05, 0.1) is 22.7 Å². The van der Waals surface area contributed by atoms with Gasteiger partial charge in [0, 0.05) is 19.0 Å². The van der Waals surface area contributed by atoms with Gasteiger partial charge >= 0.3 is 0 Å². The summed E-state index contributed by atoms with van der Waals surface area (Å²) in [5, 5.41) is 1.58. The quantitative estimate of drug-likeness (QED) is 0.924. The van der Waals surface area contributed by atoms with Crippen molar-refractivity contribution >= 4 is 28.4 Å². The molecule has 1 fully saturated rings. The number of amides is 1. The number of hydrogen-bond acceptors (Lipinski definition) is 2. The standard InChI is InChI=1S/C15H17ClN2O2/c1-9-13(6-7-20-9)18(2)15(19)12-8-10-4-3-5-11(16)14(10)17-12/h3-5,8-9,13,17H,6-7H2,1-2H3. The van der Waals surface area contributed by atoms with Crippen molar-refractivity contribution in [2.24, 2.45) is 0 Å². The van der Waals surface area contributed by atoms with Gasteiger partial charge in [-0.15, -0.1) is 0 Å². The van der Waals surface area contributed by atoms with Crippen molar-refractivity contribution in [1.82, 2.24) is 9.88 Å². The first-order valence-electron chi connectivity index (χ1n) is 6.74. The molecule has 1 N–H and O–H groups in total. The Morgan fingerprint density at radius 2 is 2.30 bits per heavy atom.